The van der Waals surface area contributed by atoms with E-state index in [9.17, 15) is 33.1 Å². The van der Waals surface area contributed by atoms with Gasteiger partial charge in [0, 0.05) is 13.0 Å². The highest BCUT2D eigenvalue weighted by Crippen LogP contribution is 2.26. The predicted molar refractivity (Wildman–Crippen MR) is 271 cm³/mol. The van der Waals surface area contributed by atoms with E-state index in [1.165, 1.54) is 148 Å². The van der Waals surface area contributed by atoms with Crippen LogP contribution in [0.15, 0.2) is 36.5 Å². The minimum absolute atomic E-state index is 0.0334. The van der Waals surface area contributed by atoms with Crippen molar-refractivity contribution in [3.8, 4) is 0 Å². The van der Waals surface area contributed by atoms with Crippen LogP contribution in [0.3, 0.4) is 0 Å². The molecule has 6 unspecified atom stereocenters. The third-order valence-electron chi connectivity index (χ3n) is 12.5. The van der Waals surface area contributed by atoms with Gasteiger partial charge in [0.25, 0.3) is 0 Å². The topological polar surface area (TPSA) is 178 Å². The standard InChI is InChI=1S/C54H100O12S/c1-3-5-7-9-11-13-15-17-19-21-22-23-24-25-26-27-28-30-32-34-36-38-40-42-44-62-46-48(47-63-54-52(58)53(66-67(59,60)61)51(57)49(45-55)65-54)64-50(56)43-41-39-37-35-33-31-29-20-18-16-14-12-10-8-6-4-2/h15,17,20-22,29,48-49,51-55,57-58H,3-14,16,18-19,23-28,30-47H2,1-2H3,(H,59,60,61)/b17-15-,22-21-,29-20-. The van der Waals surface area contributed by atoms with Gasteiger partial charge in [0.15, 0.2) is 6.29 Å². The van der Waals surface area contributed by atoms with Crippen LogP contribution in [0.5, 0.6) is 0 Å². The molecule has 6 atom stereocenters. The molecule has 0 amide bonds. The minimum atomic E-state index is -5.07. The Morgan fingerprint density at radius 2 is 0.985 bits per heavy atom. The van der Waals surface area contributed by atoms with Crippen molar-refractivity contribution in [1.29, 1.82) is 0 Å². The van der Waals surface area contributed by atoms with Gasteiger partial charge in [-0.05, 0) is 70.6 Å². The average molecular weight is 973 g/mol. The number of ether oxygens (including phenoxy) is 4. The maximum atomic E-state index is 12.9. The Hall–Kier alpha value is -1.68. The van der Waals surface area contributed by atoms with Crippen LogP contribution in [-0.4, -0.2) is 97.5 Å². The maximum absolute atomic E-state index is 12.9. The zero-order valence-corrected chi connectivity index (χ0v) is 43.3. The van der Waals surface area contributed by atoms with Gasteiger partial charge in [-0.3, -0.25) is 9.35 Å². The van der Waals surface area contributed by atoms with Gasteiger partial charge in [0.1, 0.15) is 30.5 Å². The summed E-state index contributed by atoms with van der Waals surface area (Å²) < 4.78 is 59.3. The molecule has 0 saturated carbocycles. The molecular weight excluding hydrogens is 873 g/mol. The van der Waals surface area contributed by atoms with Crippen molar-refractivity contribution in [3.05, 3.63) is 36.5 Å². The van der Waals surface area contributed by atoms with Crippen LogP contribution in [0.1, 0.15) is 239 Å². The van der Waals surface area contributed by atoms with Crippen molar-refractivity contribution in [1.82, 2.24) is 0 Å². The van der Waals surface area contributed by atoms with Crippen LogP contribution < -0.4 is 0 Å². The van der Waals surface area contributed by atoms with Crippen LogP contribution in [0.25, 0.3) is 0 Å². The highest BCUT2D eigenvalue weighted by molar-refractivity contribution is 7.80. The highest BCUT2D eigenvalue weighted by atomic mass is 32.3. The van der Waals surface area contributed by atoms with Crippen LogP contribution in [-0.2, 0) is 38.3 Å². The molecule has 1 aliphatic heterocycles. The minimum Gasteiger partial charge on any atom is -0.457 e. The number of aliphatic hydroxyl groups excluding tert-OH is 3. The number of carbonyl (C=O) groups is 1. The summed E-state index contributed by atoms with van der Waals surface area (Å²) >= 11 is 0. The lowest BCUT2D eigenvalue weighted by molar-refractivity contribution is -0.301. The maximum Gasteiger partial charge on any atom is 0.397 e. The number of esters is 1. The number of rotatable bonds is 48. The van der Waals surface area contributed by atoms with E-state index < -0.39 is 59.8 Å². The molecule has 0 aromatic heterocycles. The van der Waals surface area contributed by atoms with Gasteiger partial charge in [-0.1, -0.05) is 198 Å². The zero-order valence-electron chi connectivity index (χ0n) is 42.5. The first-order valence-electron chi connectivity index (χ1n) is 27.2. The van der Waals surface area contributed by atoms with Gasteiger partial charge in [-0.15, -0.1) is 0 Å². The number of aliphatic hydroxyl groups is 3. The van der Waals surface area contributed by atoms with Crippen LogP contribution in [0, 0.1) is 0 Å². The second-order valence-electron chi connectivity index (χ2n) is 18.8. The summed E-state index contributed by atoms with van der Waals surface area (Å²) in [4.78, 5) is 12.9. The number of allylic oxidation sites excluding steroid dienone is 6. The first-order chi connectivity index (χ1) is 32.6. The molecule has 1 fully saturated rings. The molecule has 0 radical (unpaired) electrons. The first kappa shape index (κ1) is 63.3. The monoisotopic (exact) mass is 973 g/mol. The summed E-state index contributed by atoms with van der Waals surface area (Å²) in [6.07, 6.45) is 46.1. The summed E-state index contributed by atoms with van der Waals surface area (Å²) in [6.45, 7) is 4.00. The van der Waals surface area contributed by atoms with E-state index in [-0.39, 0.29) is 19.6 Å². The lowest BCUT2D eigenvalue weighted by Gasteiger charge is -2.41. The van der Waals surface area contributed by atoms with Crippen molar-refractivity contribution < 1.29 is 56.2 Å². The van der Waals surface area contributed by atoms with E-state index in [1.54, 1.807) is 0 Å². The van der Waals surface area contributed by atoms with Crippen molar-refractivity contribution in [2.24, 2.45) is 0 Å². The van der Waals surface area contributed by atoms with E-state index in [1.807, 2.05) is 0 Å². The molecule has 1 saturated heterocycles. The van der Waals surface area contributed by atoms with Gasteiger partial charge in [0.05, 0.1) is 19.8 Å². The van der Waals surface area contributed by atoms with Crippen LogP contribution in [0.2, 0.25) is 0 Å². The van der Waals surface area contributed by atoms with E-state index in [2.05, 4.69) is 54.5 Å². The molecule has 0 bridgehead atoms. The van der Waals surface area contributed by atoms with E-state index in [0.717, 1.165) is 64.2 Å². The largest absolute Gasteiger partial charge is 0.457 e. The van der Waals surface area contributed by atoms with Gasteiger partial charge in [-0.2, -0.15) is 8.42 Å². The Morgan fingerprint density at radius 3 is 1.43 bits per heavy atom. The summed E-state index contributed by atoms with van der Waals surface area (Å²) in [5.74, 6) is -0.405. The molecule has 0 spiro atoms. The lowest BCUT2D eigenvalue weighted by Crippen LogP contribution is -2.60. The summed E-state index contributed by atoms with van der Waals surface area (Å²) in [7, 11) is -5.07. The van der Waals surface area contributed by atoms with Gasteiger partial charge in [-0.25, -0.2) is 4.18 Å². The molecule has 1 aliphatic rings. The first-order valence-corrected chi connectivity index (χ1v) is 28.6. The second kappa shape index (κ2) is 45.5. The van der Waals surface area contributed by atoms with Crippen LogP contribution >= 0.6 is 0 Å². The summed E-state index contributed by atoms with van der Waals surface area (Å²) in [5, 5.41) is 30.8. The van der Waals surface area contributed by atoms with E-state index in [4.69, 9.17) is 18.9 Å². The molecule has 0 aromatic rings. The number of hydrogen-bond donors (Lipinski definition) is 4. The average Bonchev–Trinajstić information content (AvgIpc) is 3.30. The predicted octanol–water partition coefficient (Wildman–Crippen LogP) is 12.9. The number of carbonyl (C=O) groups excluding carboxylic acids is 1. The molecular formula is C54H100O12S. The zero-order chi connectivity index (χ0) is 48.9. The third kappa shape index (κ3) is 38.7. The quantitative estimate of drug-likeness (QED) is 0.0197. The van der Waals surface area contributed by atoms with Crippen molar-refractivity contribution in [2.75, 3.05) is 26.4 Å². The van der Waals surface area contributed by atoms with Crippen molar-refractivity contribution in [3.63, 3.8) is 0 Å². The van der Waals surface area contributed by atoms with E-state index in [0.29, 0.717) is 13.0 Å². The van der Waals surface area contributed by atoms with Crippen molar-refractivity contribution in [2.45, 2.75) is 275 Å². The SMILES string of the molecule is CCCCCCC/C=C\C/C=C\CCCCCCCCCCCCCCOCC(COC1OC(CO)C(O)C(OS(=O)(=O)O)C1O)OC(=O)CCCCCCC/C=C\CCCCCCCCC. The van der Waals surface area contributed by atoms with Crippen molar-refractivity contribution >= 4 is 16.4 Å². The fourth-order valence-corrected chi connectivity index (χ4v) is 8.85. The molecule has 13 heteroatoms. The molecule has 0 aromatic carbocycles. The number of unbranched alkanes of at least 4 members (excludes halogenated alkanes) is 29. The molecule has 12 nitrogen and oxygen atoms in total. The van der Waals surface area contributed by atoms with Gasteiger partial charge >= 0.3 is 16.4 Å². The molecule has 394 valence electrons. The van der Waals surface area contributed by atoms with E-state index >= 15 is 0 Å². The summed E-state index contributed by atoms with van der Waals surface area (Å²) in [6, 6.07) is 0. The smallest absolute Gasteiger partial charge is 0.397 e. The fourth-order valence-electron chi connectivity index (χ4n) is 8.35. The lowest BCUT2D eigenvalue weighted by atomic mass is 9.99. The number of hydrogen-bond acceptors (Lipinski definition) is 11. The molecule has 67 heavy (non-hydrogen) atoms. The van der Waals surface area contributed by atoms with Crippen LogP contribution in [0.4, 0.5) is 0 Å². The fraction of sp³-hybridized carbons (Fsp3) is 0.870. The highest BCUT2D eigenvalue weighted by Gasteiger charge is 2.48. The van der Waals surface area contributed by atoms with Gasteiger partial charge in [0.2, 0.25) is 0 Å². The Balaban J connectivity index is 2.31. The van der Waals surface area contributed by atoms with Gasteiger partial charge < -0.3 is 34.3 Å². The Bertz CT molecular complexity index is 1310. The Morgan fingerprint density at radius 1 is 0.567 bits per heavy atom. The Kier molecular flexibility index (Phi) is 43.0. The molecule has 4 N–H and O–H groups in total. The summed E-state index contributed by atoms with van der Waals surface area (Å²) in [5.41, 5.74) is 0. The molecule has 0 aliphatic carbocycles. The third-order valence-corrected chi connectivity index (χ3v) is 13.0. The molecule has 1 rings (SSSR count). The second-order valence-corrected chi connectivity index (χ2v) is 19.9. The normalized spacial score (nSPS) is 19.6. The Labute approximate surface area is 409 Å². The molecule has 1 heterocycles.